The fourth-order valence-electron chi connectivity index (χ4n) is 1.69. The van der Waals surface area contributed by atoms with Crippen molar-refractivity contribution in [1.29, 1.82) is 0 Å². The molecular weight excluding hydrogens is 292 g/mol. The minimum Gasteiger partial charge on any atom is -0.506 e. The van der Waals surface area contributed by atoms with Gasteiger partial charge in [0.05, 0.1) is 17.3 Å². The number of phenols is 1. The molecule has 0 atom stereocenters. The number of phenolic OH excluding ortho intramolecular Hbond substituents is 1. The van der Waals surface area contributed by atoms with Gasteiger partial charge in [0.25, 0.3) is 5.91 Å². The van der Waals surface area contributed by atoms with Gasteiger partial charge in [-0.25, -0.2) is 0 Å². The molecule has 0 aliphatic rings. The monoisotopic (exact) mass is 306 g/mol. The summed E-state index contributed by atoms with van der Waals surface area (Å²) >= 11 is 5.75. The molecule has 1 amide bonds. The third kappa shape index (κ3) is 4.03. The van der Waals surface area contributed by atoms with Crippen molar-refractivity contribution in [1.82, 2.24) is 5.32 Å². The summed E-state index contributed by atoms with van der Waals surface area (Å²) in [5.41, 5.74) is 6.66. The van der Waals surface area contributed by atoms with Crippen LogP contribution in [0.2, 0.25) is 5.02 Å². The molecule has 0 fully saturated rings. The normalized spacial score (nSPS) is 10.1. The Morgan fingerprint density at radius 3 is 2.76 bits per heavy atom. The van der Waals surface area contributed by atoms with Crippen LogP contribution in [0.25, 0.3) is 0 Å². The lowest BCUT2D eigenvalue weighted by Gasteiger charge is -2.09. The molecule has 0 aromatic heterocycles. The maximum Gasteiger partial charge on any atom is 0.251 e. The molecule has 0 saturated carbocycles. The lowest BCUT2D eigenvalue weighted by atomic mass is 10.2. The van der Waals surface area contributed by atoms with Crippen LogP contribution in [0.15, 0.2) is 42.5 Å². The van der Waals surface area contributed by atoms with Gasteiger partial charge in [-0.2, -0.15) is 0 Å². The van der Waals surface area contributed by atoms with E-state index in [1.807, 2.05) is 12.1 Å². The van der Waals surface area contributed by atoms with Crippen molar-refractivity contribution in [2.24, 2.45) is 0 Å². The third-order valence-electron chi connectivity index (χ3n) is 2.77. The maximum absolute atomic E-state index is 11.9. The van der Waals surface area contributed by atoms with E-state index in [4.69, 9.17) is 22.1 Å². The van der Waals surface area contributed by atoms with Crippen LogP contribution in [-0.4, -0.2) is 24.2 Å². The smallest absolute Gasteiger partial charge is 0.251 e. The zero-order chi connectivity index (χ0) is 15.2. The van der Waals surface area contributed by atoms with E-state index in [1.165, 1.54) is 18.2 Å². The Balaban J connectivity index is 1.82. The van der Waals surface area contributed by atoms with E-state index in [0.717, 1.165) is 0 Å². The van der Waals surface area contributed by atoms with Crippen LogP contribution in [0.1, 0.15) is 10.4 Å². The van der Waals surface area contributed by atoms with Crippen molar-refractivity contribution < 1.29 is 14.6 Å². The van der Waals surface area contributed by atoms with Crippen molar-refractivity contribution in [2.45, 2.75) is 0 Å². The molecule has 0 aliphatic heterocycles. The number of carbonyl (C=O) groups excluding carboxylic acids is 1. The molecule has 5 nitrogen and oxygen atoms in total. The van der Waals surface area contributed by atoms with Gasteiger partial charge in [0.1, 0.15) is 18.1 Å². The number of hydrogen-bond acceptors (Lipinski definition) is 4. The third-order valence-corrected chi connectivity index (χ3v) is 3.08. The number of anilines is 1. The number of halogens is 1. The second-order valence-electron chi connectivity index (χ2n) is 4.31. The number of hydrogen-bond donors (Lipinski definition) is 3. The van der Waals surface area contributed by atoms with Crippen LogP contribution in [0, 0.1) is 0 Å². The van der Waals surface area contributed by atoms with Gasteiger partial charge < -0.3 is 20.9 Å². The van der Waals surface area contributed by atoms with Gasteiger partial charge >= 0.3 is 0 Å². The lowest BCUT2D eigenvalue weighted by molar-refractivity contribution is 0.0947. The summed E-state index contributed by atoms with van der Waals surface area (Å²) in [5.74, 6) is 0.233. The van der Waals surface area contributed by atoms with E-state index in [-0.39, 0.29) is 16.7 Å². The summed E-state index contributed by atoms with van der Waals surface area (Å²) in [6.45, 7) is 0.622. The van der Waals surface area contributed by atoms with Gasteiger partial charge in [-0.05, 0) is 30.3 Å². The van der Waals surface area contributed by atoms with Gasteiger partial charge in [0.15, 0.2) is 0 Å². The van der Waals surface area contributed by atoms with Crippen LogP contribution in [0.5, 0.6) is 11.5 Å². The van der Waals surface area contributed by atoms with Gasteiger partial charge in [0.2, 0.25) is 0 Å². The zero-order valence-corrected chi connectivity index (χ0v) is 11.9. The van der Waals surface area contributed by atoms with Crippen molar-refractivity contribution in [3.8, 4) is 11.5 Å². The topological polar surface area (TPSA) is 84.6 Å². The molecule has 0 unspecified atom stereocenters. The molecule has 21 heavy (non-hydrogen) atoms. The van der Waals surface area contributed by atoms with Crippen LogP contribution >= 0.6 is 11.6 Å². The zero-order valence-electron chi connectivity index (χ0n) is 11.2. The summed E-state index contributed by atoms with van der Waals surface area (Å²) in [6.07, 6.45) is 0. The SMILES string of the molecule is Nc1ccccc1OCCNC(=O)c1ccc(O)c(Cl)c1. The number of nitrogens with two attached hydrogens (primary N) is 1. The summed E-state index contributed by atoms with van der Waals surface area (Å²) in [4.78, 5) is 11.9. The number of para-hydroxylation sites is 2. The Morgan fingerprint density at radius 2 is 2.05 bits per heavy atom. The molecule has 4 N–H and O–H groups in total. The summed E-state index contributed by atoms with van der Waals surface area (Å²) in [5, 5.41) is 12.1. The number of carbonyl (C=O) groups is 1. The Bertz CT molecular complexity index is 647. The van der Waals surface area contributed by atoms with E-state index in [9.17, 15) is 9.90 Å². The molecular formula is C15H15ClN2O3. The number of ether oxygens (including phenoxy) is 1. The molecule has 0 spiro atoms. The summed E-state index contributed by atoms with van der Waals surface area (Å²) in [7, 11) is 0. The fraction of sp³-hybridized carbons (Fsp3) is 0.133. The second kappa shape index (κ2) is 6.85. The summed E-state index contributed by atoms with van der Waals surface area (Å²) in [6, 6.07) is 11.4. The number of benzene rings is 2. The highest BCUT2D eigenvalue weighted by atomic mass is 35.5. The molecule has 2 aromatic rings. The van der Waals surface area contributed by atoms with E-state index in [1.54, 1.807) is 12.1 Å². The molecule has 110 valence electrons. The van der Waals surface area contributed by atoms with E-state index in [2.05, 4.69) is 5.32 Å². The van der Waals surface area contributed by atoms with Gasteiger partial charge in [-0.15, -0.1) is 0 Å². The molecule has 6 heteroatoms. The average Bonchev–Trinajstić information content (AvgIpc) is 2.48. The predicted octanol–water partition coefficient (Wildman–Crippen LogP) is 2.44. The Hall–Kier alpha value is -2.40. The second-order valence-corrected chi connectivity index (χ2v) is 4.72. The van der Waals surface area contributed by atoms with Gasteiger partial charge in [0, 0.05) is 5.56 Å². The number of nitrogens with one attached hydrogen (secondary N) is 1. The van der Waals surface area contributed by atoms with Crippen molar-refractivity contribution >= 4 is 23.2 Å². The Labute approximate surface area is 127 Å². The molecule has 0 aliphatic carbocycles. The molecule has 0 radical (unpaired) electrons. The van der Waals surface area contributed by atoms with Crippen LogP contribution in [0.4, 0.5) is 5.69 Å². The number of rotatable bonds is 5. The quantitative estimate of drug-likeness (QED) is 0.585. The number of aromatic hydroxyl groups is 1. The Morgan fingerprint density at radius 1 is 1.29 bits per heavy atom. The van der Waals surface area contributed by atoms with E-state index in [0.29, 0.717) is 30.2 Å². The minimum atomic E-state index is -0.290. The highest BCUT2D eigenvalue weighted by molar-refractivity contribution is 6.32. The first-order chi connectivity index (χ1) is 10.1. The Kier molecular flexibility index (Phi) is 4.90. The number of nitrogen functional groups attached to an aromatic ring is 1. The van der Waals surface area contributed by atoms with Gasteiger partial charge in [-0.1, -0.05) is 23.7 Å². The molecule has 0 heterocycles. The predicted molar refractivity (Wildman–Crippen MR) is 81.8 cm³/mol. The van der Waals surface area contributed by atoms with Crippen molar-refractivity contribution in [3.63, 3.8) is 0 Å². The summed E-state index contributed by atoms with van der Waals surface area (Å²) < 4.78 is 5.46. The standard InChI is InChI=1S/C15H15ClN2O3/c16-11-9-10(5-6-13(11)19)15(20)18-7-8-21-14-4-2-1-3-12(14)17/h1-6,9,19H,7-8,17H2,(H,18,20). The molecule has 0 bridgehead atoms. The van der Waals surface area contributed by atoms with Crippen LogP contribution in [0.3, 0.4) is 0 Å². The highest BCUT2D eigenvalue weighted by Crippen LogP contribution is 2.23. The highest BCUT2D eigenvalue weighted by Gasteiger charge is 2.08. The molecule has 2 rings (SSSR count). The van der Waals surface area contributed by atoms with E-state index < -0.39 is 0 Å². The van der Waals surface area contributed by atoms with Crippen LogP contribution in [-0.2, 0) is 0 Å². The first kappa shape index (κ1) is 15.0. The first-order valence-corrected chi connectivity index (χ1v) is 6.70. The molecule has 0 saturated heterocycles. The maximum atomic E-state index is 11.9. The molecule has 2 aromatic carbocycles. The minimum absolute atomic E-state index is 0.0592. The van der Waals surface area contributed by atoms with Crippen molar-refractivity contribution in [2.75, 3.05) is 18.9 Å². The van der Waals surface area contributed by atoms with E-state index >= 15 is 0 Å². The lowest BCUT2D eigenvalue weighted by Crippen LogP contribution is -2.28. The first-order valence-electron chi connectivity index (χ1n) is 6.32. The fourth-order valence-corrected chi connectivity index (χ4v) is 1.87. The van der Waals surface area contributed by atoms with Gasteiger partial charge in [-0.3, -0.25) is 4.79 Å². The largest absolute Gasteiger partial charge is 0.506 e. The average molecular weight is 307 g/mol. The van der Waals surface area contributed by atoms with Crippen molar-refractivity contribution in [3.05, 3.63) is 53.1 Å². The number of amides is 1. The van der Waals surface area contributed by atoms with Crippen LogP contribution < -0.4 is 15.8 Å².